The van der Waals surface area contributed by atoms with E-state index < -0.39 is 10.0 Å². The quantitative estimate of drug-likeness (QED) is 0.801. The van der Waals surface area contributed by atoms with Crippen LogP contribution in [0.5, 0.6) is 12.0 Å². The molecule has 0 spiro atoms. The molecule has 0 aliphatic carbocycles. The van der Waals surface area contributed by atoms with Crippen molar-refractivity contribution in [3.8, 4) is 12.0 Å². The van der Waals surface area contributed by atoms with E-state index in [9.17, 15) is 8.42 Å². The number of ether oxygens (including phenoxy) is 2. The highest BCUT2D eigenvalue weighted by atomic mass is 35.5. The zero-order chi connectivity index (χ0) is 17.9. The summed E-state index contributed by atoms with van der Waals surface area (Å²) in [5, 5.41) is 0.398. The molecule has 130 valence electrons. The Morgan fingerprint density at radius 1 is 1.04 bits per heavy atom. The van der Waals surface area contributed by atoms with Gasteiger partial charge in [-0.25, -0.2) is 13.1 Å². The highest BCUT2D eigenvalue weighted by Crippen LogP contribution is 2.28. The van der Waals surface area contributed by atoms with Gasteiger partial charge in [-0.1, -0.05) is 23.2 Å². The van der Waals surface area contributed by atoms with Crippen LogP contribution in [0.15, 0.2) is 17.0 Å². The van der Waals surface area contributed by atoms with Crippen molar-refractivity contribution in [1.29, 1.82) is 0 Å². The van der Waals surface area contributed by atoms with Crippen LogP contribution in [0.3, 0.4) is 0 Å². The summed E-state index contributed by atoms with van der Waals surface area (Å²) in [5.41, 5.74) is 0.588. The van der Waals surface area contributed by atoms with Crippen LogP contribution in [0, 0.1) is 6.92 Å². The van der Waals surface area contributed by atoms with Gasteiger partial charge in [-0.2, -0.15) is 9.97 Å². The van der Waals surface area contributed by atoms with Crippen LogP contribution in [-0.2, 0) is 16.6 Å². The third-order valence-corrected chi connectivity index (χ3v) is 5.20. The summed E-state index contributed by atoms with van der Waals surface area (Å²) in [6.07, 6.45) is 0. The Balaban J connectivity index is 2.26. The van der Waals surface area contributed by atoms with Gasteiger partial charge >= 0.3 is 12.0 Å². The van der Waals surface area contributed by atoms with Gasteiger partial charge in [-0.3, -0.25) is 0 Å². The second kappa shape index (κ2) is 7.47. The van der Waals surface area contributed by atoms with Crippen molar-refractivity contribution < 1.29 is 17.9 Å². The molecule has 8 nitrogen and oxygen atoms in total. The molecule has 0 atom stereocenters. The standard InChI is InChI=1S/C13H14Cl2N4O4S/c1-7-4-10(9(15)5-8(7)14)24(20,21)16-6-11-17-12(22-2)19-13(18-11)23-3/h4-5,16H,6H2,1-3H3. The van der Waals surface area contributed by atoms with E-state index >= 15 is 0 Å². The van der Waals surface area contributed by atoms with Gasteiger partial charge in [0.05, 0.1) is 25.8 Å². The summed E-state index contributed by atoms with van der Waals surface area (Å²) < 4.78 is 37.0. The zero-order valence-electron chi connectivity index (χ0n) is 13.0. The molecule has 0 fully saturated rings. The van der Waals surface area contributed by atoms with Gasteiger partial charge in [-0.15, -0.1) is 4.98 Å². The van der Waals surface area contributed by atoms with E-state index in [1.807, 2.05) is 0 Å². The molecule has 1 heterocycles. The predicted molar refractivity (Wildman–Crippen MR) is 88.2 cm³/mol. The molecule has 0 saturated heterocycles. The maximum absolute atomic E-state index is 12.4. The maximum Gasteiger partial charge on any atom is 0.322 e. The van der Waals surface area contributed by atoms with Crippen LogP contribution < -0.4 is 14.2 Å². The molecule has 1 aromatic heterocycles. The molecule has 0 aliphatic rings. The van der Waals surface area contributed by atoms with Crippen molar-refractivity contribution >= 4 is 33.2 Å². The van der Waals surface area contributed by atoms with Crippen LogP contribution in [0.4, 0.5) is 0 Å². The minimum absolute atomic E-state index is 0.0106. The van der Waals surface area contributed by atoms with Crippen molar-refractivity contribution in [1.82, 2.24) is 19.7 Å². The fourth-order valence-corrected chi connectivity index (χ4v) is 3.52. The van der Waals surface area contributed by atoms with Crippen molar-refractivity contribution in [2.75, 3.05) is 14.2 Å². The number of methoxy groups -OCH3 is 2. The van der Waals surface area contributed by atoms with E-state index in [4.69, 9.17) is 32.7 Å². The number of halogens is 2. The topological polar surface area (TPSA) is 103 Å². The lowest BCUT2D eigenvalue weighted by molar-refractivity contribution is 0.336. The third kappa shape index (κ3) is 4.23. The van der Waals surface area contributed by atoms with Crippen LogP contribution in [0.25, 0.3) is 0 Å². The Bertz CT molecular complexity index is 839. The van der Waals surface area contributed by atoms with Gasteiger partial charge in [0.15, 0.2) is 5.82 Å². The molecule has 0 unspecified atom stereocenters. The lowest BCUT2D eigenvalue weighted by atomic mass is 10.2. The number of hydrogen-bond acceptors (Lipinski definition) is 7. The molecular formula is C13H14Cl2N4O4S. The summed E-state index contributed by atoms with van der Waals surface area (Å²) in [4.78, 5) is 11.6. The number of benzene rings is 1. The first-order chi connectivity index (χ1) is 11.3. The molecule has 0 amide bonds. The van der Waals surface area contributed by atoms with E-state index in [1.54, 1.807) is 6.92 Å². The molecule has 0 bridgehead atoms. The molecule has 1 N–H and O–H groups in total. The third-order valence-electron chi connectivity index (χ3n) is 2.93. The SMILES string of the molecule is COc1nc(CNS(=O)(=O)c2cc(C)c(Cl)cc2Cl)nc(OC)n1. The van der Waals surface area contributed by atoms with Gasteiger partial charge in [0.1, 0.15) is 4.90 Å². The Kier molecular flexibility index (Phi) is 5.81. The van der Waals surface area contributed by atoms with Gasteiger partial charge in [-0.05, 0) is 24.6 Å². The van der Waals surface area contributed by atoms with Crippen LogP contribution in [-0.4, -0.2) is 37.6 Å². The fraction of sp³-hybridized carbons (Fsp3) is 0.308. The number of nitrogens with zero attached hydrogens (tertiary/aromatic N) is 3. The normalized spacial score (nSPS) is 11.4. The average Bonchev–Trinajstić information content (AvgIpc) is 2.55. The summed E-state index contributed by atoms with van der Waals surface area (Å²) in [6.45, 7) is 1.48. The Morgan fingerprint density at radius 3 is 2.17 bits per heavy atom. The van der Waals surface area contributed by atoms with Gasteiger partial charge in [0.2, 0.25) is 10.0 Å². The monoisotopic (exact) mass is 392 g/mol. The van der Waals surface area contributed by atoms with Crippen molar-refractivity contribution in [2.24, 2.45) is 0 Å². The smallest absolute Gasteiger partial charge is 0.322 e. The lowest BCUT2D eigenvalue weighted by Gasteiger charge is -2.10. The first-order valence-corrected chi connectivity index (χ1v) is 8.79. The molecule has 0 radical (unpaired) electrons. The fourth-order valence-electron chi connectivity index (χ4n) is 1.71. The molecule has 11 heteroatoms. The number of hydrogen-bond donors (Lipinski definition) is 1. The van der Waals surface area contributed by atoms with E-state index in [-0.39, 0.29) is 34.3 Å². The number of nitrogens with one attached hydrogen (secondary N) is 1. The number of sulfonamides is 1. The van der Waals surface area contributed by atoms with Crippen LogP contribution in [0.2, 0.25) is 10.0 Å². The molecule has 2 rings (SSSR count). The van der Waals surface area contributed by atoms with Crippen LogP contribution in [0.1, 0.15) is 11.4 Å². The first kappa shape index (κ1) is 18.7. The van der Waals surface area contributed by atoms with E-state index in [1.165, 1.54) is 26.4 Å². The van der Waals surface area contributed by atoms with Crippen molar-refractivity contribution in [3.05, 3.63) is 33.6 Å². The predicted octanol–water partition coefficient (Wildman–Crippen LogP) is 1.98. The Labute approximate surface area is 149 Å². The van der Waals surface area contributed by atoms with Gasteiger partial charge in [0.25, 0.3) is 0 Å². The second-order valence-corrected chi connectivity index (χ2v) is 7.13. The van der Waals surface area contributed by atoms with Crippen molar-refractivity contribution in [2.45, 2.75) is 18.4 Å². The average molecular weight is 393 g/mol. The van der Waals surface area contributed by atoms with Crippen LogP contribution >= 0.6 is 23.2 Å². The lowest BCUT2D eigenvalue weighted by Crippen LogP contribution is -2.25. The number of rotatable bonds is 6. The molecular weight excluding hydrogens is 379 g/mol. The second-order valence-electron chi connectivity index (χ2n) is 4.58. The zero-order valence-corrected chi connectivity index (χ0v) is 15.3. The highest BCUT2D eigenvalue weighted by Gasteiger charge is 2.20. The van der Waals surface area contributed by atoms with Crippen molar-refractivity contribution in [3.63, 3.8) is 0 Å². The largest absolute Gasteiger partial charge is 0.467 e. The molecule has 24 heavy (non-hydrogen) atoms. The Hall–Kier alpha value is -1.68. The number of aryl methyl sites for hydroxylation is 1. The minimum atomic E-state index is -3.89. The number of aromatic nitrogens is 3. The van der Waals surface area contributed by atoms with E-state index in [2.05, 4.69) is 19.7 Å². The summed E-state index contributed by atoms with van der Waals surface area (Å²) in [6, 6.07) is 2.79. The molecule has 1 aromatic carbocycles. The van der Waals surface area contributed by atoms with Gasteiger partial charge in [0, 0.05) is 5.02 Å². The Morgan fingerprint density at radius 2 is 1.62 bits per heavy atom. The van der Waals surface area contributed by atoms with E-state index in [0.717, 1.165) is 0 Å². The summed E-state index contributed by atoms with van der Waals surface area (Å²) in [5.74, 6) is 0.129. The van der Waals surface area contributed by atoms with E-state index in [0.29, 0.717) is 10.6 Å². The maximum atomic E-state index is 12.4. The highest BCUT2D eigenvalue weighted by molar-refractivity contribution is 7.89. The molecule has 0 saturated carbocycles. The summed E-state index contributed by atoms with van der Waals surface area (Å²) >= 11 is 11.9. The first-order valence-electron chi connectivity index (χ1n) is 6.55. The molecule has 2 aromatic rings. The minimum Gasteiger partial charge on any atom is -0.467 e. The van der Waals surface area contributed by atoms with Gasteiger partial charge < -0.3 is 9.47 Å². The summed E-state index contributed by atoms with van der Waals surface area (Å²) in [7, 11) is -1.14. The molecule has 0 aliphatic heterocycles.